The minimum atomic E-state index is -0.481. The number of halogens is 1. The van der Waals surface area contributed by atoms with Crippen molar-refractivity contribution in [1.82, 2.24) is 15.2 Å². The molecule has 0 radical (unpaired) electrons. The first-order chi connectivity index (χ1) is 8.66. The van der Waals surface area contributed by atoms with E-state index in [0.29, 0.717) is 18.2 Å². The third kappa shape index (κ3) is 3.26. The van der Waals surface area contributed by atoms with Crippen LogP contribution in [0.2, 0.25) is 0 Å². The molecule has 1 saturated heterocycles. The summed E-state index contributed by atoms with van der Waals surface area (Å²) in [5.41, 5.74) is 0.299. The molecule has 0 spiro atoms. The van der Waals surface area contributed by atoms with Crippen LogP contribution in [0.3, 0.4) is 0 Å². The standard InChI is InChI=1S/C13H18FN3O/c1-17(9-12-4-2-3-5-16-12)13(18)10-6-11(14)8-15-7-10/h6-8,12,16H,2-5,9H2,1H3. The van der Waals surface area contributed by atoms with Gasteiger partial charge in [0, 0.05) is 25.8 Å². The van der Waals surface area contributed by atoms with Gasteiger partial charge in [-0.05, 0) is 25.5 Å². The van der Waals surface area contributed by atoms with Gasteiger partial charge in [-0.15, -0.1) is 0 Å². The van der Waals surface area contributed by atoms with Crippen LogP contribution in [0.4, 0.5) is 4.39 Å². The normalized spacial score (nSPS) is 19.6. The molecule has 1 unspecified atom stereocenters. The summed E-state index contributed by atoms with van der Waals surface area (Å²) in [6, 6.07) is 1.56. The highest BCUT2D eigenvalue weighted by atomic mass is 19.1. The molecule has 1 aromatic heterocycles. The number of rotatable bonds is 3. The molecule has 98 valence electrons. The predicted molar refractivity (Wildman–Crippen MR) is 66.8 cm³/mol. The van der Waals surface area contributed by atoms with Crippen molar-refractivity contribution in [3.63, 3.8) is 0 Å². The van der Waals surface area contributed by atoms with Gasteiger partial charge in [0.15, 0.2) is 0 Å². The molecule has 1 aliphatic rings. The summed E-state index contributed by atoms with van der Waals surface area (Å²) in [6.45, 7) is 1.66. The molecule has 5 heteroatoms. The van der Waals surface area contributed by atoms with E-state index in [1.807, 2.05) is 0 Å². The summed E-state index contributed by atoms with van der Waals surface area (Å²) in [5.74, 6) is -0.667. The molecule has 2 heterocycles. The van der Waals surface area contributed by atoms with Gasteiger partial charge in [0.1, 0.15) is 5.82 Å². The van der Waals surface area contributed by atoms with Gasteiger partial charge in [-0.25, -0.2) is 4.39 Å². The Balaban J connectivity index is 1.95. The number of carbonyl (C=O) groups is 1. The molecule has 0 bridgehead atoms. The van der Waals surface area contributed by atoms with Crippen molar-refractivity contribution in [2.24, 2.45) is 0 Å². The van der Waals surface area contributed by atoms with Crippen molar-refractivity contribution in [2.45, 2.75) is 25.3 Å². The summed E-state index contributed by atoms with van der Waals surface area (Å²) < 4.78 is 13.0. The second-order valence-corrected chi connectivity index (χ2v) is 4.72. The largest absolute Gasteiger partial charge is 0.340 e. The third-order valence-corrected chi connectivity index (χ3v) is 3.21. The van der Waals surface area contributed by atoms with Gasteiger partial charge in [0.25, 0.3) is 5.91 Å². The first kappa shape index (κ1) is 13.0. The molecule has 0 saturated carbocycles. The molecule has 1 fully saturated rings. The Bertz CT molecular complexity index is 418. The van der Waals surface area contributed by atoms with Crippen LogP contribution in [0.5, 0.6) is 0 Å². The van der Waals surface area contributed by atoms with E-state index in [0.717, 1.165) is 19.2 Å². The zero-order valence-corrected chi connectivity index (χ0v) is 10.5. The molecule has 1 amide bonds. The minimum absolute atomic E-state index is 0.186. The predicted octanol–water partition coefficient (Wildman–Crippen LogP) is 1.43. The Morgan fingerprint density at radius 2 is 2.39 bits per heavy atom. The Labute approximate surface area is 106 Å². The van der Waals surface area contributed by atoms with E-state index in [1.165, 1.54) is 25.1 Å². The fourth-order valence-electron chi connectivity index (χ4n) is 2.24. The lowest BCUT2D eigenvalue weighted by molar-refractivity contribution is 0.0774. The van der Waals surface area contributed by atoms with Gasteiger partial charge in [0.05, 0.1) is 11.8 Å². The SMILES string of the molecule is CN(CC1CCCCN1)C(=O)c1cncc(F)c1. The van der Waals surface area contributed by atoms with Crippen molar-refractivity contribution >= 4 is 5.91 Å². The average Bonchev–Trinajstić information content (AvgIpc) is 2.39. The molecule has 1 N–H and O–H groups in total. The molecule has 1 aliphatic heterocycles. The van der Waals surface area contributed by atoms with Crippen LogP contribution in [0.1, 0.15) is 29.6 Å². The summed E-state index contributed by atoms with van der Waals surface area (Å²) in [5, 5.41) is 3.38. The molecule has 4 nitrogen and oxygen atoms in total. The van der Waals surface area contributed by atoms with Crippen molar-refractivity contribution < 1.29 is 9.18 Å². The molecular weight excluding hydrogens is 233 g/mol. The van der Waals surface area contributed by atoms with Gasteiger partial charge in [-0.3, -0.25) is 9.78 Å². The molecule has 0 aliphatic carbocycles. The molecule has 0 aromatic carbocycles. The number of pyridine rings is 1. The van der Waals surface area contributed by atoms with Gasteiger partial charge in [-0.1, -0.05) is 6.42 Å². The first-order valence-electron chi connectivity index (χ1n) is 6.26. The van der Waals surface area contributed by atoms with Gasteiger partial charge in [0.2, 0.25) is 0 Å². The summed E-state index contributed by atoms with van der Waals surface area (Å²) in [7, 11) is 1.74. The fraction of sp³-hybridized carbons (Fsp3) is 0.538. The van der Waals surface area contributed by atoms with Crippen LogP contribution in [0.25, 0.3) is 0 Å². The van der Waals surface area contributed by atoms with Crippen LogP contribution in [0, 0.1) is 5.82 Å². The number of aromatic nitrogens is 1. The Kier molecular flexibility index (Phi) is 4.25. The van der Waals surface area contributed by atoms with Crippen molar-refractivity contribution in [3.8, 4) is 0 Å². The van der Waals surface area contributed by atoms with Crippen molar-refractivity contribution in [1.29, 1.82) is 0 Å². The van der Waals surface area contributed by atoms with Crippen LogP contribution < -0.4 is 5.32 Å². The Hall–Kier alpha value is -1.49. The maximum absolute atomic E-state index is 13.0. The number of nitrogens with zero attached hydrogens (tertiary/aromatic N) is 2. The number of amides is 1. The molecule has 2 rings (SSSR count). The highest BCUT2D eigenvalue weighted by Gasteiger charge is 2.19. The van der Waals surface area contributed by atoms with Crippen LogP contribution in [-0.2, 0) is 0 Å². The lowest BCUT2D eigenvalue weighted by atomic mass is 10.0. The summed E-state index contributed by atoms with van der Waals surface area (Å²) in [4.78, 5) is 17.4. The summed E-state index contributed by atoms with van der Waals surface area (Å²) >= 11 is 0. The number of likely N-dealkylation sites (N-methyl/N-ethyl adjacent to an activating group) is 1. The number of carbonyl (C=O) groups excluding carboxylic acids is 1. The van der Waals surface area contributed by atoms with E-state index < -0.39 is 5.82 Å². The van der Waals surface area contributed by atoms with E-state index in [2.05, 4.69) is 10.3 Å². The van der Waals surface area contributed by atoms with Gasteiger partial charge < -0.3 is 10.2 Å². The second-order valence-electron chi connectivity index (χ2n) is 4.72. The second kappa shape index (κ2) is 5.91. The quantitative estimate of drug-likeness (QED) is 0.884. The zero-order valence-electron chi connectivity index (χ0n) is 10.5. The number of nitrogens with one attached hydrogen (secondary N) is 1. The monoisotopic (exact) mass is 251 g/mol. The smallest absolute Gasteiger partial charge is 0.255 e. The molecule has 18 heavy (non-hydrogen) atoms. The Morgan fingerprint density at radius 1 is 1.56 bits per heavy atom. The first-order valence-corrected chi connectivity index (χ1v) is 6.26. The van der Waals surface area contributed by atoms with E-state index in [-0.39, 0.29) is 5.91 Å². The van der Waals surface area contributed by atoms with Gasteiger partial charge >= 0.3 is 0 Å². The topological polar surface area (TPSA) is 45.2 Å². The van der Waals surface area contributed by atoms with E-state index in [1.54, 1.807) is 11.9 Å². The van der Waals surface area contributed by atoms with E-state index in [4.69, 9.17) is 0 Å². The lowest BCUT2D eigenvalue weighted by Crippen LogP contribution is -2.44. The molecule has 1 aromatic rings. The van der Waals surface area contributed by atoms with E-state index >= 15 is 0 Å². The van der Waals surface area contributed by atoms with Gasteiger partial charge in [-0.2, -0.15) is 0 Å². The van der Waals surface area contributed by atoms with Crippen molar-refractivity contribution in [3.05, 3.63) is 29.8 Å². The molecular formula is C13H18FN3O. The lowest BCUT2D eigenvalue weighted by Gasteiger charge is -2.28. The highest BCUT2D eigenvalue weighted by molar-refractivity contribution is 5.93. The van der Waals surface area contributed by atoms with Crippen LogP contribution >= 0.6 is 0 Å². The number of piperidine rings is 1. The highest BCUT2D eigenvalue weighted by Crippen LogP contribution is 2.10. The third-order valence-electron chi connectivity index (χ3n) is 3.21. The summed E-state index contributed by atoms with van der Waals surface area (Å²) in [6.07, 6.45) is 5.97. The van der Waals surface area contributed by atoms with Crippen LogP contribution in [0.15, 0.2) is 18.5 Å². The minimum Gasteiger partial charge on any atom is -0.340 e. The van der Waals surface area contributed by atoms with Crippen LogP contribution in [-0.4, -0.2) is 42.0 Å². The molecule has 1 atom stereocenters. The number of hydrogen-bond acceptors (Lipinski definition) is 3. The van der Waals surface area contributed by atoms with E-state index in [9.17, 15) is 9.18 Å². The fourth-order valence-corrected chi connectivity index (χ4v) is 2.24. The maximum atomic E-state index is 13.0. The Morgan fingerprint density at radius 3 is 3.06 bits per heavy atom. The number of hydrogen-bond donors (Lipinski definition) is 1. The van der Waals surface area contributed by atoms with Crippen molar-refractivity contribution in [2.75, 3.05) is 20.1 Å². The average molecular weight is 251 g/mol. The maximum Gasteiger partial charge on any atom is 0.255 e. The zero-order chi connectivity index (χ0) is 13.0.